The number of benzene rings is 2. The van der Waals surface area contributed by atoms with Crippen molar-refractivity contribution in [3.05, 3.63) is 54.1 Å². The van der Waals surface area contributed by atoms with Gasteiger partial charge in [-0.05, 0) is 42.7 Å². The second kappa shape index (κ2) is 10.00. The minimum atomic E-state index is -3.92. The molecule has 2 aromatic rings. The van der Waals surface area contributed by atoms with Crippen LogP contribution in [0.4, 0.5) is 0 Å². The molecule has 2 aliphatic heterocycles. The van der Waals surface area contributed by atoms with Crippen molar-refractivity contribution in [1.82, 2.24) is 9.21 Å². The van der Waals surface area contributed by atoms with Gasteiger partial charge in [0.05, 0.1) is 4.90 Å². The van der Waals surface area contributed by atoms with Gasteiger partial charge in [0, 0.05) is 48.2 Å². The van der Waals surface area contributed by atoms with Gasteiger partial charge in [-0.1, -0.05) is 36.4 Å². The molecule has 0 radical (unpaired) electrons. The van der Waals surface area contributed by atoms with Crippen molar-refractivity contribution >= 4 is 39.5 Å². The highest BCUT2D eigenvalue weighted by molar-refractivity contribution is 8.01. The molecule has 2 heterocycles. The summed E-state index contributed by atoms with van der Waals surface area (Å²) in [5.74, 6) is 1.83. The third-order valence-corrected chi connectivity index (χ3v) is 10.4. The summed E-state index contributed by atoms with van der Waals surface area (Å²) < 4.78 is 27.1. The van der Waals surface area contributed by atoms with E-state index in [1.54, 1.807) is 38.1 Å². The van der Waals surface area contributed by atoms with Crippen molar-refractivity contribution in [3.8, 4) is 11.1 Å². The summed E-state index contributed by atoms with van der Waals surface area (Å²) in [6, 6.07) is 14.1. The molecule has 1 atom stereocenters. The van der Waals surface area contributed by atoms with Crippen LogP contribution in [0.15, 0.2) is 53.4 Å². The lowest BCUT2D eigenvalue weighted by Crippen LogP contribution is -2.58. The Morgan fingerprint density at radius 1 is 0.970 bits per heavy atom. The molecule has 9 heteroatoms. The van der Waals surface area contributed by atoms with Crippen LogP contribution in [0, 0.1) is 0 Å². The highest BCUT2D eigenvalue weighted by Crippen LogP contribution is 2.38. The summed E-state index contributed by atoms with van der Waals surface area (Å²) in [5.41, 5.74) is 3.23. The standard InChI is InChI=1S/C24H30N2O4S3/c1-24(2)22(23(27)28)26(13-16-32-24)33(29,30)21-9-7-20(8-10-21)19-5-3-18(4-6-19)17-25-11-14-31-15-12-25/h3-10,22H,11-17H2,1-2H3,(H,27,28). The zero-order valence-corrected chi connectivity index (χ0v) is 21.4. The second-order valence-corrected chi connectivity index (χ2v) is 13.8. The fraction of sp³-hybridized carbons (Fsp3) is 0.458. The van der Waals surface area contributed by atoms with Crippen LogP contribution in [0.25, 0.3) is 11.1 Å². The van der Waals surface area contributed by atoms with Gasteiger partial charge in [0.15, 0.2) is 0 Å². The molecule has 1 unspecified atom stereocenters. The maximum Gasteiger partial charge on any atom is 0.323 e. The molecule has 0 aromatic heterocycles. The van der Waals surface area contributed by atoms with Crippen molar-refractivity contribution in [2.75, 3.05) is 36.9 Å². The monoisotopic (exact) mass is 506 g/mol. The SMILES string of the molecule is CC1(C)SCCN(S(=O)(=O)c2ccc(-c3ccc(CN4CCSCC4)cc3)cc2)C1C(=O)O. The molecule has 0 amide bonds. The summed E-state index contributed by atoms with van der Waals surface area (Å²) in [7, 11) is -3.92. The van der Waals surface area contributed by atoms with Gasteiger partial charge in [-0.3, -0.25) is 9.69 Å². The van der Waals surface area contributed by atoms with Crippen molar-refractivity contribution in [1.29, 1.82) is 0 Å². The van der Waals surface area contributed by atoms with E-state index in [1.807, 2.05) is 11.8 Å². The van der Waals surface area contributed by atoms with Gasteiger partial charge in [-0.15, -0.1) is 0 Å². The van der Waals surface area contributed by atoms with Crippen LogP contribution in [0.1, 0.15) is 19.4 Å². The molecule has 1 N–H and O–H groups in total. The Morgan fingerprint density at radius 3 is 2.12 bits per heavy atom. The summed E-state index contributed by atoms with van der Waals surface area (Å²) in [5, 5.41) is 9.75. The number of hydrogen-bond acceptors (Lipinski definition) is 6. The molecule has 6 nitrogen and oxygen atoms in total. The minimum Gasteiger partial charge on any atom is -0.480 e. The number of carboxylic acids is 1. The lowest BCUT2D eigenvalue weighted by atomic mass is 10.0. The van der Waals surface area contributed by atoms with Gasteiger partial charge in [0.1, 0.15) is 6.04 Å². The number of hydrogen-bond donors (Lipinski definition) is 1. The number of thioether (sulfide) groups is 2. The summed E-state index contributed by atoms with van der Waals surface area (Å²) >= 11 is 3.50. The third kappa shape index (κ3) is 5.43. The Balaban J connectivity index is 1.51. The molecule has 0 aliphatic carbocycles. The number of sulfonamides is 1. The van der Waals surface area contributed by atoms with E-state index in [9.17, 15) is 18.3 Å². The number of aliphatic carboxylic acids is 1. The zero-order chi connectivity index (χ0) is 23.6. The smallest absolute Gasteiger partial charge is 0.323 e. The maximum atomic E-state index is 13.3. The van der Waals surface area contributed by atoms with Gasteiger partial charge in [-0.25, -0.2) is 8.42 Å². The van der Waals surface area contributed by atoms with E-state index in [1.165, 1.54) is 28.8 Å². The van der Waals surface area contributed by atoms with Gasteiger partial charge in [0.25, 0.3) is 0 Å². The molecule has 2 aromatic carbocycles. The van der Waals surface area contributed by atoms with E-state index in [0.29, 0.717) is 5.75 Å². The molecule has 33 heavy (non-hydrogen) atoms. The Morgan fingerprint density at radius 2 is 1.55 bits per heavy atom. The molecule has 2 saturated heterocycles. The van der Waals surface area contributed by atoms with Gasteiger partial charge >= 0.3 is 5.97 Å². The molecule has 0 bridgehead atoms. The van der Waals surface area contributed by atoms with Crippen molar-refractivity contribution in [3.63, 3.8) is 0 Å². The highest BCUT2D eigenvalue weighted by Gasteiger charge is 2.48. The molecular weight excluding hydrogens is 476 g/mol. The first-order chi connectivity index (χ1) is 15.7. The van der Waals surface area contributed by atoms with E-state index in [2.05, 4.69) is 29.2 Å². The lowest BCUT2D eigenvalue weighted by molar-refractivity contribution is -0.142. The first-order valence-electron chi connectivity index (χ1n) is 11.1. The van der Waals surface area contributed by atoms with Crippen molar-refractivity contribution < 1.29 is 18.3 Å². The summed E-state index contributed by atoms with van der Waals surface area (Å²) in [4.78, 5) is 14.5. The number of carbonyl (C=O) groups is 1. The molecule has 2 fully saturated rings. The van der Waals surface area contributed by atoms with E-state index >= 15 is 0 Å². The first kappa shape index (κ1) is 24.6. The van der Waals surface area contributed by atoms with Gasteiger partial charge < -0.3 is 5.11 Å². The Labute approximate surface area is 204 Å². The Bertz CT molecular complexity index is 1080. The lowest BCUT2D eigenvalue weighted by Gasteiger charge is -2.42. The number of carboxylic acid groups (broad SMARTS) is 1. The normalized spacial score (nSPS) is 22.2. The van der Waals surface area contributed by atoms with E-state index in [-0.39, 0.29) is 11.4 Å². The van der Waals surface area contributed by atoms with Crippen LogP contribution >= 0.6 is 23.5 Å². The topological polar surface area (TPSA) is 77.9 Å². The third-order valence-electron chi connectivity index (χ3n) is 6.22. The Kier molecular flexibility index (Phi) is 7.45. The van der Waals surface area contributed by atoms with Crippen LogP contribution < -0.4 is 0 Å². The van der Waals surface area contributed by atoms with Crippen LogP contribution in [0.5, 0.6) is 0 Å². The maximum absolute atomic E-state index is 13.3. The Hall–Kier alpha value is -1.52. The largest absolute Gasteiger partial charge is 0.480 e. The zero-order valence-electron chi connectivity index (χ0n) is 18.9. The molecule has 0 saturated carbocycles. The minimum absolute atomic E-state index is 0.125. The molecule has 2 aliphatic rings. The van der Waals surface area contributed by atoms with Crippen LogP contribution in [0.2, 0.25) is 0 Å². The fourth-order valence-corrected chi connectivity index (χ4v) is 8.48. The first-order valence-corrected chi connectivity index (χ1v) is 14.6. The predicted molar refractivity (Wildman–Crippen MR) is 136 cm³/mol. The van der Waals surface area contributed by atoms with Crippen LogP contribution in [-0.2, 0) is 21.4 Å². The van der Waals surface area contributed by atoms with Crippen LogP contribution in [0.3, 0.4) is 0 Å². The number of nitrogens with zero attached hydrogens (tertiary/aromatic N) is 2. The molecule has 178 valence electrons. The van der Waals surface area contributed by atoms with E-state index < -0.39 is 26.8 Å². The van der Waals surface area contributed by atoms with E-state index in [0.717, 1.165) is 35.1 Å². The summed E-state index contributed by atoms with van der Waals surface area (Å²) in [6.45, 7) is 6.96. The average Bonchev–Trinajstić information content (AvgIpc) is 2.79. The predicted octanol–water partition coefficient (Wildman–Crippen LogP) is 3.87. The molecular formula is C24H30N2O4S3. The molecule has 0 spiro atoms. The van der Waals surface area contributed by atoms with Gasteiger partial charge in [0.2, 0.25) is 10.0 Å². The quantitative estimate of drug-likeness (QED) is 0.637. The summed E-state index contributed by atoms with van der Waals surface area (Å²) in [6.07, 6.45) is 0. The van der Waals surface area contributed by atoms with Crippen molar-refractivity contribution in [2.24, 2.45) is 0 Å². The fourth-order valence-electron chi connectivity index (χ4n) is 4.41. The van der Waals surface area contributed by atoms with Crippen LogP contribution in [-0.4, -0.2) is 76.4 Å². The second-order valence-electron chi connectivity index (χ2n) is 8.92. The van der Waals surface area contributed by atoms with Gasteiger partial charge in [-0.2, -0.15) is 27.8 Å². The molecule has 4 rings (SSSR count). The highest BCUT2D eigenvalue weighted by atomic mass is 32.2. The van der Waals surface area contributed by atoms with E-state index in [4.69, 9.17) is 0 Å². The number of rotatable bonds is 6. The van der Waals surface area contributed by atoms with Crippen molar-refractivity contribution in [2.45, 2.75) is 36.1 Å². The average molecular weight is 507 g/mol.